The van der Waals surface area contributed by atoms with E-state index in [-0.39, 0.29) is 35.6 Å². The fraction of sp³-hybridized carbons (Fsp3) is 0.105. The molecule has 2 aromatic carbocycles. The minimum absolute atomic E-state index is 0.00222. The Hall–Kier alpha value is -3.32. The van der Waals surface area contributed by atoms with E-state index in [1.165, 1.54) is 0 Å². The Bertz CT molecular complexity index is 1260. The second kappa shape index (κ2) is 6.44. The fourth-order valence-electron chi connectivity index (χ4n) is 3.01. The third-order valence-electron chi connectivity index (χ3n) is 4.23. The van der Waals surface area contributed by atoms with Crippen LogP contribution in [0.25, 0.3) is 33.5 Å². The average Bonchev–Trinajstić information content (AvgIpc) is 3.02. The predicted octanol–water partition coefficient (Wildman–Crippen LogP) is 3.85. The minimum Gasteiger partial charge on any atom is -0.481 e. The van der Waals surface area contributed by atoms with Crippen molar-refractivity contribution >= 4 is 45.3 Å². The second-order valence-corrected chi connectivity index (χ2v) is 6.43. The number of hydrogen-bond acceptors (Lipinski definition) is 6. The van der Waals surface area contributed by atoms with Gasteiger partial charge in [0.1, 0.15) is 16.7 Å². The molecule has 0 aliphatic heterocycles. The Balaban J connectivity index is 1.95. The van der Waals surface area contributed by atoms with Gasteiger partial charge in [-0.25, -0.2) is 9.78 Å². The zero-order valence-electron chi connectivity index (χ0n) is 13.9. The van der Waals surface area contributed by atoms with Gasteiger partial charge in [-0.3, -0.25) is 4.79 Å². The molecule has 0 aliphatic rings. The largest absolute Gasteiger partial charge is 0.481 e. The lowest BCUT2D eigenvalue weighted by molar-refractivity contribution is -0.136. The van der Waals surface area contributed by atoms with Crippen LogP contribution in [0.2, 0.25) is 5.02 Å². The van der Waals surface area contributed by atoms with Gasteiger partial charge in [-0.15, -0.1) is 0 Å². The minimum atomic E-state index is -0.931. The van der Waals surface area contributed by atoms with E-state index in [4.69, 9.17) is 31.3 Å². The third-order valence-corrected chi connectivity index (χ3v) is 4.46. The first-order valence-corrected chi connectivity index (χ1v) is 8.44. The highest BCUT2D eigenvalue weighted by Gasteiger charge is 2.21. The van der Waals surface area contributed by atoms with Gasteiger partial charge < -0.3 is 19.7 Å². The van der Waals surface area contributed by atoms with E-state index in [1.807, 2.05) is 0 Å². The highest BCUT2D eigenvalue weighted by Crippen LogP contribution is 2.33. The first-order chi connectivity index (χ1) is 12.9. The molecule has 27 heavy (non-hydrogen) atoms. The number of aromatic nitrogens is 1. The molecule has 0 aliphatic carbocycles. The maximum absolute atomic E-state index is 12.5. The number of nitrogen functional groups attached to an aromatic ring is 1. The van der Waals surface area contributed by atoms with Crippen LogP contribution in [0, 0.1) is 0 Å². The molecule has 3 N–H and O–H groups in total. The van der Waals surface area contributed by atoms with Crippen molar-refractivity contribution in [3.05, 3.63) is 57.4 Å². The number of oxazole rings is 1. The van der Waals surface area contributed by atoms with Crippen LogP contribution in [0.5, 0.6) is 0 Å². The summed E-state index contributed by atoms with van der Waals surface area (Å²) in [5, 5.41) is 9.92. The lowest BCUT2D eigenvalue weighted by atomic mass is 10.0. The summed E-state index contributed by atoms with van der Waals surface area (Å²) >= 11 is 5.96. The molecular weight excluding hydrogens is 372 g/mol. The van der Waals surface area contributed by atoms with E-state index in [2.05, 4.69) is 4.98 Å². The normalized spacial score (nSPS) is 11.3. The standard InChI is InChI=1S/C19H13ClN2O5/c20-10-5-6-12-11(8-10)22-18(26-12)16-17(21)15-9(4-7-14(23)24)2-1-3-13(15)27-19(16)25/h1-3,5-6,8H,4,7,21H2,(H,23,24). The number of fused-ring (bicyclic) bond motifs is 2. The summed E-state index contributed by atoms with van der Waals surface area (Å²) in [6.45, 7) is 0. The van der Waals surface area contributed by atoms with Crippen molar-refractivity contribution in [1.29, 1.82) is 0 Å². The number of aliphatic carboxylic acids is 1. The van der Waals surface area contributed by atoms with Crippen molar-refractivity contribution in [3.8, 4) is 11.5 Å². The topological polar surface area (TPSA) is 120 Å². The lowest BCUT2D eigenvalue weighted by Crippen LogP contribution is -2.09. The van der Waals surface area contributed by atoms with Gasteiger partial charge in [-0.05, 0) is 36.2 Å². The zero-order valence-corrected chi connectivity index (χ0v) is 14.6. The van der Waals surface area contributed by atoms with E-state index in [0.29, 0.717) is 27.1 Å². The van der Waals surface area contributed by atoms with Crippen LogP contribution in [0.4, 0.5) is 5.69 Å². The Morgan fingerprint density at radius 3 is 2.78 bits per heavy atom. The first-order valence-electron chi connectivity index (χ1n) is 8.06. The molecule has 0 unspecified atom stereocenters. The van der Waals surface area contributed by atoms with Crippen LogP contribution in [0.3, 0.4) is 0 Å². The Kier molecular flexibility index (Phi) is 4.08. The van der Waals surface area contributed by atoms with Gasteiger partial charge in [0.2, 0.25) is 5.89 Å². The molecule has 2 aromatic heterocycles. The van der Waals surface area contributed by atoms with Crippen LogP contribution in [0.15, 0.2) is 50.0 Å². The number of halogens is 1. The summed E-state index contributed by atoms with van der Waals surface area (Å²) in [6.07, 6.45) is 0.168. The summed E-state index contributed by atoms with van der Waals surface area (Å²) < 4.78 is 11.0. The number of nitrogens with two attached hydrogens (primary N) is 1. The molecule has 2 heterocycles. The van der Waals surface area contributed by atoms with Crippen molar-refractivity contribution in [2.75, 3.05) is 5.73 Å². The van der Waals surface area contributed by atoms with Crippen LogP contribution < -0.4 is 11.4 Å². The van der Waals surface area contributed by atoms with Crippen LogP contribution in [-0.2, 0) is 11.2 Å². The molecular formula is C19H13ClN2O5. The number of carboxylic acids is 1. The Labute approximate surface area is 157 Å². The molecule has 0 radical (unpaired) electrons. The molecule has 8 heteroatoms. The van der Waals surface area contributed by atoms with Gasteiger partial charge in [-0.1, -0.05) is 23.7 Å². The molecule has 0 atom stereocenters. The zero-order chi connectivity index (χ0) is 19.1. The molecule has 0 saturated carbocycles. The van der Waals surface area contributed by atoms with Gasteiger partial charge in [0, 0.05) is 16.8 Å². The highest BCUT2D eigenvalue weighted by molar-refractivity contribution is 6.31. The lowest BCUT2D eigenvalue weighted by Gasteiger charge is -2.09. The van der Waals surface area contributed by atoms with Crippen LogP contribution in [-0.4, -0.2) is 16.1 Å². The van der Waals surface area contributed by atoms with Crippen molar-refractivity contribution in [1.82, 2.24) is 4.98 Å². The molecule has 7 nitrogen and oxygen atoms in total. The first kappa shape index (κ1) is 17.1. The Morgan fingerprint density at radius 1 is 1.19 bits per heavy atom. The van der Waals surface area contributed by atoms with E-state index in [1.54, 1.807) is 36.4 Å². The molecule has 0 saturated heterocycles. The van der Waals surface area contributed by atoms with E-state index in [0.717, 1.165) is 0 Å². The molecule has 0 spiro atoms. The number of carbonyl (C=O) groups is 1. The van der Waals surface area contributed by atoms with Gasteiger partial charge in [0.05, 0.1) is 5.69 Å². The van der Waals surface area contributed by atoms with Crippen molar-refractivity contribution in [2.45, 2.75) is 12.8 Å². The third kappa shape index (κ3) is 3.02. The number of rotatable bonds is 4. The molecule has 0 bridgehead atoms. The molecule has 136 valence electrons. The summed E-state index contributed by atoms with van der Waals surface area (Å²) in [5.41, 5.74) is 7.60. The van der Waals surface area contributed by atoms with E-state index in [9.17, 15) is 9.59 Å². The summed E-state index contributed by atoms with van der Waals surface area (Å²) in [6, 6.07) is 9.94. The van der Waals surface area contributed by atoms with Gasteiger partial charge >= 0.3 is 11.6 Å². The summed E-state index contributed by atoms with van der Waals surface area (Å²) in [5.74, 6) is -0.910. The van der Waals surface area contributed by atoms with Gasteiger partial charge in [-0.2, -0.15) is 0 Å². The molecule has 4 aromatic rings. The second-order valence-electron chi connectivity index (χ2n) is 5.99. The van der Waals surface area contributed by atoms with Crippen molar-refractivity contribution in [2.24, 2.45) is 0 Å². The van der Waals surface area contributed by atoms with Crippen LogP contribution >= 0.6 is 11.6 Å². The van der Waals surface area contributed by atoms with Crippen molar-refractivity contribution < 1.29 is 18.7 Å². The number of nitrogens with zero attached hydrogens (tertiary/aromatic N) is 1. The molecule has 0 amide bonds. The summed E-state index contributed by atoms with van der Waals surface area (Å²) in [7, 11) is 0. The maximum Gasteiger partial charge on any atom is 0.351 e. The number of hydrogen-bond donors (Lipinski definition) is 2. The molecule has 0 fully saturated rings. The smallest absolute Gasteiger partial charge is 0.351 e. The maximum atomic E-state index is 12.5. The number of anilines is 1. The SMILES string of the molecule is Nc1c(-c2nc3cc(Cl)ccc3o2)c(=O)oc2cccc(CCC(=O)O)c12. The van der Waals surface area contributed by atoms with Crippen molar-refractivity contribution in [3.63, 3.8) is 0 Å². The molecule has 4 rings (SSSR count). The van der Waals surface area contributed by atoms with Crippen LogP contribution in [0.1, 0.15) is 12.0 Å². The van der Waals surface area contributed by atoms with E-state index >= 15 is 0 Å². The highest BCUT2D eigenvalue weighted by atomic mass is 35.5. The predicted molar refractivity (Wildman–Crippen MR) is 101 cm³/mol. The number of aryl methyl sites for hydroxylation is 1. The monoisotopic (exact) mass is 384 g/mol. The number of benzene rings is 2. The van der Waals surface area contributed by atoms with E-state index < -0.39 is 11.6 Å². The average molecular weight is 385 g/mol. The number of carboxylic acid groups (broad SMARTS) is 1. The summed E-state index contributed by atoms with van der Waals surface area (Å²) in [4.78, 5) is 27.7. The van der Waals surface area contributed by atoms with Gasteiger partial charge in [0.15, 0.2) is 5.58 Å². The van der Waals surface area contributed by atoms with Gasteiger partial charge in [0.25, 0.3) is 0 Å². The Morgan fingerprint density at radius 2 is 2.00 bits per heavy atom. The fourth-order valence-corrected chi connectivity index (χ4v) is 3.18. The quantitative estimate of drug-likeness (QED) is 0.512.